The zero-order valence-corrected chi connectivity index (χ0v) is 16.8. The molecule has 0 amide bonds. The lowest BCUT2D eigenvalue weighted by Gasteiger charge is -2.10. The Kier molecular flexibility index (Phi) is 6.61. The number of carbonyl (C=O) groups excluding carboxylic acids is 2. The minimum Gasteiger partial charge on any atom is -0.494 e. The third-order valence-corrected chi connectivity index (χ3v) is 5.18. The molecule has 0 radical (unpaired) electrons. The van der Waals surface area contributed by atoms with Crippen LogP contribution in [0.15, 0.2) is 53.9 Å². The number of carbonyl (C=O) groups is 2. The maximum atomic E-state index is 13.9. The number of Topliss-reactive ketones (excluding diaryl/α,β-unsaturated/α-hetero) is 1. The summed E-state index contributed by atoms with van der Waals surface area (Å²) in [5.74, 6) is -1.30. The molecule has 3 rings (SSSR count). The van der Waals surface area contributed by atoms with Crippen LogP contribution in [0.4, 0.5) is 9.39 Å². The molecule has 0 atom stereocenters. The van der Waals surface area contributed by atoms with Gasteiger partial charge in [-0.1, -0.05) is 30.3 Å². The Hall–Kier alpha value is -3.19. The first-order valence-electron chi connectivity index (χ1n) is 8.99. The number of anilines is 1. The smallest absolute Gasteiger partial charge is 0.341 e. The van der Waals surface area contributed by atoms with E-state index in [9.17, 15) is 14.0 Å². The van der Waals surface area contributed by atoms with Gasteiger partial charge in [0.15, 0.2) is 17.3 Å². The van der Waals surface area contributed by atoms with Gasteiger partial charge in [-0.2, -0.15) is 0 Å². The van der Waals surface area contributed by atoms with Crippen LogP contribution in [0.3, 0.4) is 0 Å². The van der Waals surface area contributed by atoms with Gasteiger partial charge in [0.25, 0.3) is 0 Å². The fourth-order valence-corrected chi connectivity index (χ4v) is 3.78. The molecule has 3 aromatic rings. The van der Waals surface area contributed by atoms with Crippen LogP contribution < -0.4 is 10.1 Å². The summed E-state index contributed by atoms with van der Waals surface area (Å²) in [6.07, 6.45) is 0. The normalized spacial score (nSPS) is 10.4. The average Bonchev–Trinajstić information content (AvgIpc) is 3.17. The highest BCUT2D eigenvalue weighted by atomic mass is 32.1. The van der Waals surface area contributed by atoms with Crippen molar-refractivity contribution in [2.45, 2.75) is 6.92 Å². The van der Waals surface area contributed by atoms with Gasteiger partial charge in [0.1, 0.15) is 10.6 Å². The molecule has 0 bridgehead atoms. The maximum Gasteiger partial charge on any atom is 0.341 e. The van der Waals surface area contributed by atoms with Gasteiger partial charge in [-0.25, -0.2) is 9.18 Å². The number of hydrogen-bond acceptors (Lipinski definition) is 6. The van der Waals surface area contributed by atoms with Crippen molar-refractivity contribution >= 4 is 28.1 Å². The molecule has 29 heavy (non-hydrogen) atoms. The Bertz CT molecular complexity index is 1020. The number of nitrogens with one attached hydrogen (secondary N) is 1. The number of esters is 1. The summed E-state index contributed by atoms with van der Waals surface area (Å²) in [5, 5.41) is 5.38. The van der Waals surface area contributed by atoms with Crippen molar-refractivity contribution in [2.75, 3.05) is 25.6 Å². The summed E-state index contributed by atoms with van der Waals surface area (Å²) in [7, 11) is 1.36. The molecule has 7 heteroatoms. The maximum absolute atomic E-state index is 13.9. The molecule has 0 aliphatic carbocycles. The van der Waals surface area contributed by atoms with Crippen molar-refractivity contribution in [3.8, 4) is 16.9 Å². The molecule has 5 nitrogen and oxygen atoms in total. The number of halogens is 1. The standard InChI is InChI=1S/C22H20FNO4S/c1-3-28-22(26)20-16(14-7-5-4-6-8-14)13-29-21(20)24-12-18(25)15-9-10-19(27-2)17(23)11-15/h4-11,13,24H,3,12H2,1-2H3. The van der Waals surface area contributed by atoms with Gasteiger partial charge in [-0.05, 0) is 30.7 Å². The van der Waals surface area contributed by atoms with E-state index in [-0.39, 0.29) is 30.2 Å². The van der Waals surface area contributed by atoms with Crippen LogP contribution in [-0.2, 0) is 4.74 Å². The highest BCUT2D eigenvalue weighted by Gasteiger charge is 2.22. The molecule has 0 saturated carbocycles. The number of hydrogen-bond donors (Lipinski definition) is 1. The zero-order chi connectivity index (χ0) is 20.8. The second-order valence-electron chi connectivity index (χ2n) is 6.07. The van der Waals surface area contributed by atoms with Crippen molar-refractivity contribution in [1.82, 2.24) is 0 Å². The fourth-order valence-electron chi connectivity index (χ4n) is 2.83. The summed E-state index contributed by atoms with van der Waals surface area (Å²) >= 11 is 1.31. The molecule has 0 aliphatic heterocycles. The first kappa shape index (κ1) is 20.5. The molecule has 150 valence electrons. The Labute approximate surface area is 172 Å². The van der Waals surface area contributed by atoms with E-state index in [0.717, 1.165) is 17.2 Å². The van der Waals surface area contributed by atoms with Gasteiger partial charge in [-0.3, -0.25) is 4.79 Å². The number of rotatable bonds is 8. The lowest BCUT2D eigenvalue weighted by molar-refractivity contribution is 0.0528. The highest BCUT2D eigenvalue weighted by molar-refractivity contribution is 7.15. The number of ether oxygens (including phenoxy) is 2. The molecule has 2 aromatic carbocycles. The van der Waals surface area contributed by atoms with Gasteiger partial charge in [-0.15, -0.1) is 11.3 Å². The summed E-state index contributed by atoms with van der Waals surface area (Å²) in [5.41, 5.74) is 2.22. The molecule has 1 N–H and O–H groups in total. The van der Waals surface area contributed by atoms with Gasteiger partial charge in [0, 0.05) is 16.5 Å². The van der Waals surface area contributed by atoms with Gasteiger partial charge >= 0.3 is 5.97 Å². The highest BCUT2D eigenvalue weighted by Crippen LogP contribution is 2.36. The number of ketones is 1. The molecular formula is C22H20FNO4S. The molecule has 0 fully saturated rings. The minimum absolute atomic E-state index is 0.0740. The van der Waals surface area contributed by atoms with Crippen LogP contribution in [0.2, 0.25) is 0 Å². The third kappa shape index (κ3) is 4.63. The molecule has 1 heterocycles. The number of benzene rings is 2. The van der Waals surface area contributed by atoms with E-state index in [1.165, 1.54) is 30.6 Å². The Morgan fingerprint density at radius 2 is 1.90 bits per heavy atom. The first-order valence-corrected chi connectivity index (χ1v) is 9.87. The molecule has 0 unspecified atom stereocenters. The van der Waals surface area contributed by atoms with E-state index in [1.54, 1.807) is 6.92 Å². The van der Waals surface area contributed by atoms with E-state index in [1.807, 2.05) is 35.7 Å². The van der Waals surface area contributed by atoms with Crippen LogP contribution in [0.5, 0.6) is 5.75 Å². The molecule has 1 aromatic heterocycles. The molecule has 0 spiro atoms. The average molecular weight is 413 g/mol. The predicted octanol–water partition coefficient (Wildman–Crippen LogP) is 5.03. The minimum atomic E-state index is -0.604. The largest absolute Gasteiger partial charge is 0.494 e. The Morgan fingerprint density at radius 3 is 2.55 bits per heavy atom. The topological polar surface area (TPSA) is 64.6 Å². The second-order valence-corrected chi connectivity index (χ2v) is 6.95. The lowest BCUT2D eigenvalue weighted by Crippen LogP contribution is -2.16. The second kappa shape index (κ2) is 9.34. The number of thiophene rings is 1. The van der Waals surface area contributed by atoms with Crippen molar-refractivity contribution < 1.29 is 23.5 Å². The van der Waals surface area contributed by atoms with Crippen LogP contribution in [-0.4, -0.2) is 32.0 Å². The summed E-state index contributed by atoms with van der Waals surface area (Å²) in [6, 6.07) is 13.5. The summed E-state index contributed by atoms with van der Waals surface area (Å²) in [4.78, 5) is 25.0. The molecule has 0 saturated heterocycles. The predicted molar refractivity (Wildman–Crippen MR) is 111 cm³/mol. The lowest BCUT2D eigenvalue weighted by atomic mass is 10.0. The van der Waals surface area contributed by atoms with Crippen molar-refractivity contribution in [3.63, 3.8) is 0 Å². The third-order valence-electron chi connectivity index (χ3n) is 4.24. The Balaban J connectivity index is 1.83. The van der Waals surface area contributed by atoms with E-state index in [4.69, 9.17) is 9.47 Å². The van der Waals surface area contributed by atoms with Crippen LogP contribution in [0.1, 0.15) is 27.6 Å². The SMILES string of the molecule is CCOC(=O)c1c(-c2ccccc2)csc1NCC(=O)c1ccc(OC)c(F)c1. The first-order chi connectivity index (χ1) is 14.0. The van der Waals surface area contributed by atoms with Crippen molar-refractivity contribution in [3.05, 3.63) is 70.9 Å². The van der Waals surface area contributed by atoms with E-state index < -0.39 is 11.8 Å². The summed E-state index contributed by atoms with van der Waals surface area (Å²) < 4.78 is 23.9. The zero-order valence-electron chi connectivity index (χ0n) is 16.0. The van der Waals surface area contributed by atoms with E-state index >= 15 is 0 Å². The summed E-state index contributed by atoms with van der Waals surface area (Å²) in [6.45, 7) is 1.89. The monoisotopic (exact) mass is 413 g/mol. The molecule has 0 aliphatic rings. The quantitative estimate of drug-likeness (QED) is 0.414. The van der Waals surface area contributed by atoms with Gasteiger partial charge in [0.05, 0.1) is 20.3 Å². The van der Waals surface area contributed by atoms with Crippen LogP contribution in [0.25, 0.3) is 11.1 Å². The Morgan fingerprint density at radius 1 is 1.14 bits per heavy atom. The van der Waals surface area contributed by atoms with E-state index in [0.29, 0.717) is 10.6 Å². The van der Waals surface area contributed by atoms with Crippen LogP contribution in [0, 0.1) is 5.82 Å². The fraction of sp³-hybridized carbons (Fsp3) is 0.182. The van der Waals surface area contributed by atoms with Crippen molar-refractivity contribution in [2.24, 2.45) is 0 Å². The van der Waals surface area contributed by atoms with Crippen LogP contribution >= 0.6 is 11.3 Å². The van der Waals surface area contributed by atoms with E-state index in [2.05, 4.69) is 5.32 Å². The van der Waals surface area contributed by atoms with Crippen molar-refractivity contribution in [1.29, 1.82) is 0 Å². The molecular weight excluding hydrogens is 393 g/mol. The van der Waals surface area contributed by atoms with Gasteiger partial charge < -0.3 is 14.8 Å². The van der Waals surface area contributed by atoms with Gasteiger partial charge in [0.2, 0.25) is 0 Å². The number of methoxy groups -OCH3 is 1.